The van der Waals surface area contributed by atoms with Crippen LogP contribution in [-0.2, 0) is 0 Å². The van der Waals surface area contributed by atoms with Crippen LogP contribution in [0.15, 0.2) is 12.1 Å². The van der Waals surface area contributed by atoms with Crippen LogP contribution in [0.25, 0.3) is 0 Å². The van der Waals surface area contributed by atoms with Gasteiger partial charge in [-0.05, 0) is 44.8 Å². The number of likely N-dealkylation sites (tertiary alicyclic amines) is 1. The summed E-state index contributed by atoms with van der Waals surface area (Å²) in [4.78, 5) is 24.2. The first kappa shape index (κ1) is 20.1. The summed E-state index contributed by atoms with van der Waals surface area (Å²) < 4.78 is 13.6. The number of anilines is 1. The standard InChI is InChI=1S/C15H21FN4O3.ClH/c1-18-5-2-10-3-6-19(7-4-10)15(21)12-8-11(16)9-13(14(12)17)20(22)23;/h8-10,18H,2-7,17H2,1H3;1H. The van der Waals surface area contributed by atoms with Crippen molar-refractivity contribution < 1.29 is 14.1 Å². The van der Waals surface area contributed by atoms with Gasteiger partial charge in [-0.15, -0.1) is 12.4 Å². The zero-order valence-electron chi connectivity index (χ0n) is 13.5. The molecule has 1 amide bonds. The van der Waals surface area contributed by atoms with Gasteiger partial charge < -0.3 is 16.0 Å². The van der Waals surface area contributed by atoms with E-state index in [1.807, 2.05) is 7.05 Å². The van der Waals surface area contributed by atoms with Crippen molar-refractivity contribution in [2.45, 2.75) is 19.3 Å². The number of carbonyl (C=O) groups is 1. The number of nitrogens with one attached hydrogen (secondary N) is 1. The summed E-state index contributed by atoms with van der Waals surface area (Å²) >= 11 is 0. The molecule has 3 N–H and O–H groups in total. The Kier molecular flexibility index (Phi) is 7.37. The number of hydrogen-bond acceptors (Lipinski definition) is 5. The average molecular weight is 361 g/mol. The van der Waals surface area contributed by atoms with Gasteiger partial charge in [0.2, 0.25) is 0 Å². The first-order valence-electron chi connectivity index (χ1n) is 7.61. The normalized spacial score (nSPS) is 15.0. The smallest absolute Gasteiger partial charge is 0.295 e. The topological polar surface area (TPSA) is 102 Å². The molecule has 9 heteroatoms. The molecule has 1 saturated heterocycles. The number of halogens is 2. The quantitative estimate of drug-likeness (QED) is 0.476. The number of carbonyl (C=O) groups excluding carboxylic acids is 1. The molecular weight excluding hydrogens is 339 g/mol. The maximum absolute atomic E-state index is 13.6. The SMILES string of the molecule is CNCCC1CCN(C(=O)c2cc(F)cc([N+](=O)[O-])c2N)CC1.Cl. The molecule has 0 aromatic heterocycles. The minimum absolute atomic E-state index is 0. The molecule has 0 atom stereocenters. The van der Waals surface area contributed by atoms with Crippen LogP contribution in [0.3, 0.4) is 0 Å². The lowest BCUT2D eigenvalue weighted by Crippen LogP contribution is -2.39. The number of nitro benzene ring substituents is 1. The fraction of sp³-hybridized carbons (Fsp3) is 0.533. The Morgan fingerprint density at radius 3 is 2.62 bits per heavy atom. The number of amides is 1. The second kappa shape index (κ2) is 8.79. The van der Waals surface area contributed by atoms with E-state index in [0.29, 0.717) is 19.0 Å². The highest BCUT2D eigenvalue weighted by molar-refractivity contribution is 6.01. The molecule has 1 aliphatic rings. The lowest BCUT2D eigenvalue weighted by Gasteiger charge is -2.32. The summed E-state index contributed by atoms with van der Waals surface area (Å²) in [5.41, 5.74) is 4.70. The largest absolute Gasteiger partial charge is 0.393 e. The molecule has 1 fully saturated rings. The number of benzene rings is 1. The summed E-state index contributed by atoms with van der Waals surface area (Å²) in [6.45, 7) is 2.04. The first-order valence-corrected chi connectivity index (χ1v) is 7.61. The van der Waals surface area contributed by atoms with Crippen LogP contribution in [0.2, 0.25) is 0 Å². The van der Waals surface area contributed by atoms with Crippen molar-refractivity contribution in [2.75, 3.05) is 32.4 Å². The molecule has 134 valence electrons. The maximum Gasteiger partial charge on any atom is 0.295 e. The van der Waals surface area contributed by atoms with E-state index in [4.69, 9.17) is 5.73 Å². The fourth-order valence-corrected chi connectivity index (χ4v) is 2.88. The van der Waals surface area contributed by atoms with Crippen LogP contribution in [0.5, 0.6) is 0 Å². The predicted octanol–water partition coefficient (Wildman–Crippen LogP) is 2.20. The number of nitrogen functional groups attached to an aromatic ring is 1. The van der Waals surface area contributed by atoms with E-state index in [1.54, 1.807) is 4.90 Å². The summed E-state index contributed by atoms with van der Waals surface area (Å²) in [5.74, 6) is -0.735. The minimum atomic E-state index is -0.835. The highest BCUT2D eigenvalue weighted by Gasteiger charge is 2.28. The molecule has 7 nitrogen and oxygen atoms in total. The third-order valence-corrected chi connectivity index (χ3v) is 4.25. The second-order valence-corrected chi connectivity index (χ2v) is 5.77. The number of nitrogens with zero attached hydrogens (tertiary/aromatic N) is 2. The van der Waals surface area contributed by atoms with Gasteiger partial charge in [0.25, 0.3) is 11.6 Å². The van der Waals surface area contributed by atoms with E-state index in [2.05, 4.69) is 5.32 Å². The Balaban J connectivity index is 0.00000288. The Morgan fingerprint density at radius 1 is 1.46 bits per heavy atom. The van der Waals surface area contributed by atoms with Crippen molar-refractivity contribution in [1.82, 2.24) is 10.2 Å². The molecule has 1 heterocycles. The monoisotopic (exact) mass is 360 g/mol. The molecular formula is C15H22ClFN4O3. The van der Waals surface area contributed by atoms with Crippen LogP contribution < -0.4 is 11.1 Å². The molecule has 0 bridgehead atoms. The van der Waals surface area contributed by atoms with Crippen molar-refractivity contribution in [3.05, 3.63) is 33.6 Å². The highest BCUT2D eigenvalue weighted by Crippen LogP contribution is 2.29. The summed E-state index contributed by atoms with van der Waals surface area (Å²) in [5, 5.41) is 14.0. The van der Waals surface area contributed by atoms with Crippen LogP contribution in [0.4, 0.5) is 15.8 Å². The molecule has 0 saturated carbocycles. The van der Waals surface area contributed by atoms with Crippen LogP contribution in [0.1, 0.15) is 29.6 Å². The van der Waals surface area contributed by atoms with Gasteiger partial charge in [0, 0.05) is 13.1 Å². The van der Waals surface area contributed by atoms with Gasteiger partial charge in [0.15, 0.2) is 0 Å². The molecule has 0 unspecified atom stereocenters. The number of nitro groups is 1. The average Bonchev–Trinajstić information content (AvgIpc) is 2.54. The van der Waals surface area contributed by atoms with E-state index in [-0.39, 0.29) is 23.7 Å². The predicted molar refractivity (Wildman–Crippen MR) is 91.9 cm³/mol. The van der Waals surface area contributed by atoms with E-state index in [9.17, 15) is 19.3 Å². The third kappa shape index (κ3) is 4.55. The van der Waals surface area contributed by atoms with Gasteiger partial charge in [-0.2, -0.15) is 0 Å². The summed E-state index contributed by atoms with van der Waals surface area (Å²) in [7, 11) is 1.90. The number of piperidine rings is 1. The van der Waals surface area contributed by atoms with Gasteiger partial charge >= 0.3 is 0 Å². The van der Waals surface area contributed by atoms with Crippen LogP contribution >= 0.6 is 12.4 Å². The van der Waals surface area contributed by atoms with E-state index >= 15 is 0 Å². The second-order valence-electron chi connectivity index (χ2n) is 5.77. The van der Waals surface area contributed by atoms with Gasteiger partial charge in [-0.1, -0.05) is 0 Å². The van der Waals surface area contributed by atoms with E-state index in [0.717, 1.165) is 37.9 Å². The van der Waals surface area contributed by atoms with Crippen LogP contribution in [0, 0.1) is 21.8 Å². The molecule has 0 aliphatic carbocycles. The molecule has 1 aromatic carbocycles. The minimum Gasteiger partial charge on any atom is -0.393 e. The van der Waals surface area contributed by atoms with E-state index in [1.165, 1.54) is 0 Å². The lowest BCUT2D eigenvalue weighted by molar-refractivity contribution is -0.384. The Bertz CT molecular complexity index is 607. The zero-order valence-corrected chi connectivity index (χ0v) is 14.3. The van der Waals surface area contributed by atoms with Gasteiger partial charge in [-0.3, -0.25) is 14.9 Å². The Labute approximate surface area is 145 Å². The van der Waals surface area contributed by atoms with Crippen molar-refractivity contribution in [1.29, 1.82) is 0 Å². The number of nitrogens with two attached hydrogens (primary N) is 1. The Morgan fingerprint density at radius 2 is 2.08 bits per heavy atom. The molecule has 0 radical (unpaired) electrons. The van der Waals surface area contributed by atoms with Crippen molar-refractivity contribution in [2.24, 2.45) is 5.92 Å². The fourth-order valence-electron chi connectivity index (χ4n) is 2.88. The number of hydrogen-bond donors (Lipinski definition) is 2. The molecule has 1 aromatic rings. The van der Waals surface area contributed by atoms with Gasteiger partial charge in [0.05, 0.1) is 16.6 Å². The van der Waals surface area contributed by atoms with Gasteiger partial charge in [-0.25, -0.2) is 4.39 Å². The molecule has 0 spiro atoms. The van der Waals surface area contributed by atoms with Gasteiger partial charge in [0.1, 0.15) is 11.5 Å². The molecule has 2 rings (SSSR count). The molecule has 1 aliphatic heterocycles. The lowest BCUT2D eigenvalue weighted by atomic mass is 9.93. The van der Waals surface area contributed by atoms with Crippen LogP contribution in [-0.4, -0.2) is 42.4 Å². The zero-order chi connectivity index (χ0) is 17.0. The Hall–Kier alpha value is -1.93. The number of rotatable bonds is 5. The summed E-state index contributed by atoms with van der Waals surface area (Å²) in [6.07, 6.45) is 2.78. The first-order chi connectivity index (χ1) is 10.9. The third-order valence-electron chi connectivity index (χ3n) is 4.25. The van der Waals surface area contributed by atoms with E-state index < -0.39 is 22.3 Å². The van der Waals surface area contributed by atoms with Crippen molar-refractivity contribution in [3.63, 3.8) is 0 Å². The molecule has 24 heavy (non-hydrogen) atoms. The maximum atomic E-state index is 13.6. The summed E-state index contributed by atoms with van der Waals surface area (Å²) in [6, 6.07) is 1.70. The highest BCUT2D eigenvalue weighted by atomic mass is 35.5. The van der Waals surface area contributed by atoms with Crippen molar-refractivity contribution in [3.8, 4) is 0 Å². The van der Waals surface area contributed by atoms with Crippen molar-refractivity contribution >= 4 is 29.7 Å².